The molecule has 0 bridgehead atoms. The lowest BCUT2D eigenvalue weighted by atomic mass is 9.84. The van der Waals surface area contributed by atoms with Crippen LogP contribution in [0.25, 0.3) is 0 Å². The Morgan fingerprint density at radius 3 is 1.22 bits per heavy atom. The highest BCUT2D eigenvalue weighted by molar-refractivity contribution is 6.18. The van der Waals surface area contributed by atoms with Crippen molar-refractivity contribution in [2.75, 3.05) is 97.5 Å². The van der Waals surface area contributed by atoms with E-state index in [2.05, 4.69) is 10.6 Å². The number of esters is 1. The molecule has 4 aliphatic heterocycles. The number of nitrogens with zero attached hydrogens (tertiary/aromatic N) is 8. The summed E-state index contributed by atoms with van der Waals surface area (Å²) in [7, 11) is 8.66. The number of methoxy groups -OCH3 is 1. The molecule has 2 atom stereocenters. The van der Waals surface area contributed by atoms with Gasteiger partial charge in [-0.1, -0.05) is 51.0 Å². The monoisotopic (exact) mass is 1200 g/mol. The van der Waals surface area contributed by atoms with E-state index in [4.69, 9.17) is 4.74 Å². The number of halogens is 2. The molecule has 4 aliphatic rings. The molecule has 24 heteroatoms. The maximum Gasteiger partial charge on any atom is 0.337 e. The van der Waals surface area contributed by atoms with Gasteiger partial charge in [-0.3, -0.25) is 48.4 Å². The molecule has 4 aromatic carbocycles. The van der Waals surface area contributed by atoms with Crippen LogP contribution in [-0.2, 0) is 23.9 Å². The highest BCUT2D eigenvalue weighted by atomic mass is 19.1. The van der Waals surface area contributed by atoms with Gasteiger partial charge in [-0.15, -0.1) is 0 Å². The number of aryl methyl sites for hydroxylation is 2. The lowest BCUT2D eigenvalue weighted by molar-refractivity contribution is -0.139. The van der Waals surface area contributed by atoms with E-state index < -0.39 is 70.6 Å². The van der Waals surface area contributed by atoms with Gasteiger partial charge < -0.3 is 40.1 Å². The molecule has 0 saturated carbocycles. The number of nitrogens with one attached hydrogen (secondary N) is 2. The zero-order valence-electron chi connectivity index (χ0n) is 51.1. The number of anilines is 2. The van der Waals surface area contributed by atoms with Gasteiger partial charge >= 0.3 is 24.0 Å². The topological polar surface area (TPSA) is 250 Å². The Labute approximate surface area is 505 Å². The van der Waals surface area contributed by atoms with E-state index in [1.54, 1.807) is 87.7 Å². The number of likely N-dealkylation sites (tertiary alicyclic amines) is 2. The van der Waals surface area contributed by atoms with Crippen molar-refractivity contribution in [1.29, 1.82) is 0 Å². The number of hydrogen-bond donors (Lipinski definition) is 3. The normalized spacial score (nSPS) is 17.2. The number of carboxylic acid groups (broad SMARTS) is 1. The molecule has 22 nitrogen and oxygen atoms in total. The van der Waals surface area contributed by atoms with E-state index in [0.717, 1.165) is 0 Å². The maximum atomic E-state index is 14.4. The highest BCUT2D eigenvalue weighted by Gasteiger charge is 2.60. The van der Waals surface area contributed by atoms with E-state index in [0.29, 0.717) is 41.2 Å². The predicted octanol–water partition coefficient (Wildman–Crippen LogP) is 6.05. The van der Waals surface area contributed by atoms with Gasteiger partial charge in [0.2, 0.25) is 11.8 Å². The zero-order valence-corrected chi connectivity index (χ0v) is 51.1. The molecular weight excluding hydrogens is 1130 g/mol. The molecular formula is C63H78F2N10O12. The second-order valence-electron chi connectivity index (χ2n) is 23.7. The van der Waals surface area contributed by atoms with Crippen molar-refractivity contribution >= 4 is 70.8 Å². The van der Waals surface area contributed by atoms with Crippen molar-refractivity contribution in [3.05, 3.63) is 130 Å². The summed E-state index contributed by atoms with van der Waals surface area (Å²) < 4.78 is 33.6. The minimum absolute atomic E-state index is 0.0490. The van der Waals surface area contributed by atoms with Gasteiger partial charge in [0.15, 0.2) is 0 Å². The van der Waals surface area contributed by atoms with Crippen molar-refractivity contribution in [3.63, 3.8) is 0 Å². The number of carboxylic acids is 1. The largest absolute Gasteiger partial charge is 0.478 e. The third-order valence-corrected chi connectivity index (χ3v) is 16.4. The lowest BCUT2D eigenvalue weighted by Crippen LogP contribution is -2.60. The Hall–Kier alpha value is -8.64. The molecule has 8 rings (SSSR count). The summed E-state index contributed by atoms with van der Waals surface area (Å²) >= 11 is 0. The number of urea groups is 2. The summed E-state index contributed by atoms with van der Waals surface area (Å²) in [5.41, 5.74) is -0.146. The molecule has 3 N–H and O–H groups in total. The molecule has 4 aromatic rings. The van der Waals surface area contributed by atoms with Gasteiger partial charge in [-0.05, 0) is 152 Å². The van der Waals surface area contributed by atoms with Gasteiger partial charge in [-0.2, -0.15) is 0 Å². The quantitative estimate of drug-likeness (QED) is 0.0759. The second kappa shape index (κ2) is 27.4. The molecule has 0 unspecified atom stereocenters. The van der Waals surface area contributed by atoms with E-state index in [1.807, 2.05) is 38.0 Å². The molecule has 0 radical (unpaired) electrons. The first-order chi connectivity index (χ1) is 41.1. The lowest BCUT2D eigenvalue weighted by Gasteiger charge is -2.43. The molecule has 2 spiro atoms. The van der Waals surface area contributed by atoms with Gasteiger partial charge in [-0.25, -0.2) is 28.0 Å². The first kappa shape index (κ1) is 65.9. The van der Waals surface area contributed by atoms with E-state index in [-0.39, 0.29) is 117 Å². The van der Waals surface area contributed by atoms with Crippen LogP contribution in [0.5, 0.6) is 0 Å². The van der Waals surface area contributed by atoms with E-state index >= 15 is 0 Å². The Kier molecular flexibility index (Phi) is 20.7. The van der Waals surface area contributed by atoms with Gasteiger partial charge in [0.05, 0.1) is 29.4 Å². The third-order valence-electron chi connectivity index (χ3n) is 16.4. The number of carbonyl (C=O) groups excluding carboxylic acids is 9. The number of hydrogen-bond acceptors (Lipinski definition) is 13. The number of piperidine rings is 2. The fraction of sp³-hybridized carbons (Fsp3) is 0.460. The van der Waals surface area contributed by atoms with E-state index in [9.17, 15) is 61.8 Å². The zero-order chi connectivity index (χ0) is 64.0. The Morgan fingerprint density at radius 1 is 0.563 bits per heavy atom. The number of aromatic carboxylic acids is 1. The van der Waals surface area contributed by atoms with Crippen LogP contribution in [0.1, 0.15) is 106 Å². The summed E-state index contributed by atoms with van der Waals surface area (Å²) in [6, 6.07) is 17.7. The number of amides is 10. The average Bonchev–Trinajstić information content (AvgIpc) is 1.63. The van der Waals surface area contributed by atoms with Gasteiger partial charge in [0, 0.05) is 63.7 Å². The van der Waals surface area contributed by atoms with Crippen molar-refractivity contribution in [1.82, 2.24) is 40.0 Å². The molecule has 0 aliphatic carbocycles. The number of rotatable bonds is 18. The summed E-state index contributed by atoms with van der Waals surface area (Å²) in [5, 5.41) is 14.7. The Morgan fingerprint density at radius 2 is 0.908 bits per heavy atom. The molecule has 4 fully saturated rings. The van der Waals surface area contributed by atoms with Crippen LogP contribution < -0.4 is 20.4 Å². The minimum atomic E-state index is -1.26. The second-order valence-corrected chi connectivity index (χ2v) is 23.7. The van der Waals surface area contributed by atoms with Crippen LogP contribution in [-0.4, -0.2) is 205 Å². The molecule has 4 heterocycles. The minimum Gasteiger partial charge on any atom is -0.478 e. The predicted molar refractivity (Wildman–Crippen MR) is 319 cm³/mol. The van der Waals surface area contributed by atoms with Crippen LogP contribution in [0.3, 0.4) is 0 Å². The number of ether oxygens (including phenoxy) is 1. The smallest absolute Gasteiger partial charge is 0.337 e. The van der Waals surface area contributed by atoms with Crippen LogP contribution >= 0.6 is 0 Å². The molecule has 10 amide bonds. The molecule has 87 heavy (non-hydrogen) atoms. The van der Waals surface area contributed by atoms with Crippen molar-refractivity contribution in [3.8, 4) is 0 Å². The Bertz CT molecular complexity index is 3290. The summed E-state index contributed by atoms with van der Waals surface area (Å²) in [6.07, 6.45) is 0.638. The van der Waals surface area contributed by atoms with Crippen molar-refractivity contribution < 1.29 is 66.6 Å². The summed E-state index contributed by atoms with van der Waals surface area (Å²) in [5.74, 6) is -6.36. The fourth-order valence-electron chi connectivity index (χ4n) is 11.4. The third kappa shape index (κ3) is 14.0. The maximum absolute atomic E-state index is 14.4. The van der Waals surface area contributed by atoms with Crippen LogP contribution in [0.4, 0.5) is 29.7 Å². The van der Waals surface area contributed by atoms with Gasteiger partial charge in [0.1, 0.15) is 34.8 Å². The highest BCUT2D eigenvalue weighted by Crippen LogP contribution is 2.43. The standard InChI is InChI=1S/C32H40FN5O6.C31H38FN5O6/c1-20(2)26(34-27(39)24-19-21(3)7-12-25(24)33)28(40)36-15-13-32(14-16-36)30(42)37(18-17-35(4)5)31(43)38(32)23-10-8-22(9-11-23)29(41)44-6;1-19(2)25(33-26(38)23-18-20(3)6-11-24(23)32)27(39)35-14-12-31(13-15-35)29(42)36(17-16-34(4)5)30(43)37(31)22-9-7-21(8-10-22)28(40)41/h7-12,19-20,26H,13-18H2,1-6H3,(H,34,39);6-11,18-19,25H,12-17H2,1-5H3,(H,33,38)(H,40,41)/t26-;25-/m11/s1. The first-order valence-corrected chi connectivity index (χ1v) is 28.9. The number of likely N-dealkylation sites (N-methyl/N-ethyl adjacent to an activating group) is 2. The fourth-order valence-corrected chi connectivity index (χ4v) is 11.4. The van der Waals surface area contributed by atoms with Gasteiger partial charge in [0.25, 0.3) is 23.6 Å². The van der Waals surface area contributed by atoms with Crippen LogP contribution in [0.2, 0.25) is 0 Å². The molecule has 4 saturated heterocycles. The summed E-state index contributed by atoms with van der Waals surface area (Å²) in [6.45, 7) is 12.6. The van der Waals surface area contributed by atoms with Crippen molar-refractivity contribution in [2.45, 2.75) is 90.4 Å². The number of imide groups is 2. The van der Waals surface area contributed by atoms with Crippen molar-refractivity contribution in [2.24, 2.45) is 11.8 Å². The van der Waals surface area contributed by atoms with Crippen LogP contribution in [0.15, 0.2) is 84.9 Å². The summed E-state index contributed by atoms with van der Waals surface area (Å²) in [4.78, 5) is 144. The number of benzene rings is 4. The van der Waals surface area contributed by atoms with Crippen LogP contribution in [0, 0.1) is 37.3 Å². The number of carbonyl (C=O) groups is 10. The SMILES string of the molecule is COC(=O)c1ccc(N2C(=O)N(CCN(C)C)C(=O)C23CCN(C(=O)[C@H](NC(=O)c2cc(C)ccc2F)C(C)C)CC3)cc1.Cc1ccc(F)c(C(=O)N[C@@H](C(=O)N2CCC3(CC2)C(=O)N(CCN(C)C)C(=O)N3c2ccc(C(=O)O)cc2)C(C)C)c1. The van der Waals surface area contributed by atoms with E-state index in [1.165, 1.54) is 75.2 Å². The first-order valence-electron chi connectivity index (χ1n) is 28.9. The average molecular weight is 1210 g/mol. The Balaban J connectivity index is 0.000000249. The molecule has 466 valence electrons. The molecule has 0 aromatic heterocycles.